The molecule has 0 radical (unpaired) electrons. The van der Waals surface area contributed by atoms with Crippen LogP contribution in [0.25, 0.3) is 0 Å². The highest BCUT2D eigenvalue weighted by molar-refractivity contribution is 7.99. The van der Waals surface area contributed by atoms with Crippen molar-refractivity contribution >= 4 is 23.1 Å². The molecule has 0 amide bonds. The maximum Gasteiger partial charge on any atom is 0.134 e. The SMILES string of the molecule is CCC(N)c1nnc(C2CCSC2)s1. The molecule has 2 unspecified atom stereocenters. The Morgan fingerprint density at radius 2 is 2.43 bits per heavy atom. The Bertz CT molecular complexity index is 294. The number of thioether (sulfide) groups is 1. The summed E-state index contributed by atoms with van der Waals surface area (Å²) in [5, 5.41) is 10.6. The lowest BCUT2D eigenvalue weighted by molar-refractivity contribution is 0.678. The van der Waals surface area contributed by atoms with E-state index < -0.39 is 0 Å². The second-order valence-electron chi connectivity index (χ2n) is 3.55. The van der Waals surface area contributed by atoms with Crippen LogP contribution in [0.5, 0.6) is 0 Å². The van der Waals surface area contributed by atoms with E-state index in [2.05, 4.69) is 17.1 Å². The van der Waals surface area contributed by atoms with Crippen LogP contribution in [-0.2, 0) is 0 Å². The van der Waals surface area contributed by atoms with Crippen LogP contribution in [0.2, 0.25) is 0 Å². The number of hydrogen-bond donors (Lipinski definition) is 1. The molecule has 0 saturated carbocycles. The molecule has 1 fully saturated rings. The van der Waals surface area contributed by atoms with Crippen molar-refractivity contribution < 1.29 is 0 Å². The average Bonchev–Trinajstić information content (AvgIpc) is 2.86. The van der Waals surface area contributed by atoms with Gasteiger partial charge in [-0.1, -0.05) is 18.3 Å². The van der Waals surface area contributed by atoms with E-state index in [0.29, 0.717) is 5.92 Å². The zero-order valence-electron chi connectivity index (χ0n) is 8.27. The molecular weight excluding hydrogens is 214 g/mol. The molecule has 2 rings (SSSR count). The molecule has 78 valence electrons. The molecule has 0 aliphatic carbocycles. The summed E-state index contributed by atoms with van der Waals surface area (Å²) in [7, 11) is 0. The molecule has 0 bridgehead atoms. The van der Waals surface area contributed by atoms with Crippen LogP contribution >= 0.6 is 23.1 Å². The van der Waals surface area contributed by atoms with Crippen LogP contribution in [-0.4, -0.2) is 21.7 Å². The minimum absolute atomic E-state index is 0.0790. The predicted molar refractivity (Wildman–Crippen MR) is 61.8 cm³/mol. The van der Waals surface area contributed by atoms with Gasteiger partial charge in [-0.25, -0.2) is 0 Å². The van der Waals surface area contributed by atoms with Crippen molar-refractivity contribution in [2.24, 2.45) is 5.73 Å². The Hall–Kier alpha value is -0.130. The van der Waals surface area contributed by atoms with Crippen molar-refractivity contribution in [3.8, 4) is 0 Å². The summed E-state index contributed by atoms with van der Waals surface area (Å²) in [4.78, 5) is 0. The molecule has 2 heterocycles. The van der Waals surface area contributed by atoms with Gasteiger partial charge >= 0.3 is 0 Å². The van der Waals surface area contributed by atoms with Gasteiger partial charge < -0.3 is 5.73 Å². The molecule has 0 aromatic carbocycles. The summed E-state index contributed by atoms with van der Waals surface area (Å²) in [5.74, 6) is 3.10. The van der Waals surface area contributed by atoms with E-state index in [1.807, 2.05) is 11.8 Å². The van der Waals surface area contributed by atoms with Gasteiger partial charge in [0.15, 0.2) is 0 Å². The molecule has 1 aromatic heterocycles. The molecule has 1 aromatic rings. The first kappa shape index (κ1) is 10.4. The topological polar surface area (TPSA) is 51.8 Å². The zero-order chi connectivity index (χ0) is 9.97. The van der Waals surface area contributed by atoms with E-state index in [1.165, 1.54) is 22.9 Å². The Morgan fingerprint density at radius 3 is 3.07 bits per heavy atom. The molecule has 14 heavy (non-hydrogen) atoms. The third-order valence-electron chi connectivity index (χ3n) is 2.49. The second kappa shape index (κ2) is 4.59. The van der Waals surface area contributed by atoms with Crippen LogP contribution in [0.1, 0.15) is 41.7 Å². The quantitative estimate of drug-likeness (QED) is 0.863. The van der Waals surface area contributed by atoms with Crippen LogP contribution in [0.3, 0.4) is 0 Å². The Kier molecular flexibility index (Phi) is 3.41. The van der Waals surface area contributed by atoms with Crippen LogP contribution in [0.15, 0.2) is 0 Å². The van der Waals surface area contributed by atoms with Crippen molar-refractivity contribution in [3.63, 3.8) is 0 Å². The summed E-state index contributed by atoms with van der Waals surface area (Å²) in [5.41, 5.74) is 5.91. The third-order valence-corrected chi connectivity index (χ3v) is 4.87. The minimum atomic E-state index is 0.0790. The van der Waals surface area contributed by atoms with Crippen LogP contribution < -0.4 is 5.73 Å². The van der Waals surface area contributed by atoms with E-state index in [9.17, 15) is 0 Å². The van der Waals surface area contributed by atoms with Gasteiger partial charge in [0.2, 0.25) is 0 Å². The summed E-state index contributed by atoms with van der Waals surface area (Å²) < 4.78 is 0. The van der Waals surface area contributed by atoms with Crippen molar-refractivity contribution in [1.29, 1.82) is 0 Å². The molecule has 5 heteroatoms. The van der Waals surface area contributed by atoms with Gasteiger partial charge in [-0.2, -0.15) is 11.8 Å². The van der Waals surface area contributed by atoms with Gasteiger partial charge in [-0.3, -0.25) is 0 Å². The average molecular weight is 229 g/mol. The van der Waals surface area contributed by atoms with E-state index in [4.69, 9.17) is 5.73 Å². The van der Waals surface area contributed by atoms with Crippen LogP contribution in [0.4, 0.5) is 0 Å². The van der Waals surface area contributed by atoms with Gasteiger partial charge in [0, 0.05) is 11.7 Å². The summed E-state index contributed by atoms with van der Waals surface area (Å²) >= 11 is 3.71. The minimum Gasteiger partial charge on any atom is -0.322 e. The van der Waals surface area contributed by atoms with Gasteiger partial charge in [0.05, 0.1) is 6.04 Å². The number of nitrogens with zero attached hydrogens (tertiary/aromatic N) is 2. The van der Waals surface area contributed by atoms with Gasteiger partial charge in [0.1, 0.15) is 10.0 Å². The van der Waals surface area contributed by atoms with Crippen molar-refractivity contribution in [3.05, 3.63) is 10.0 Å². The highest BCUT2D eigenvalue weighted by Crippen LogP contribution is 2.34. The fraction of sp³-hybridized carbons (Fsp3) is 0.778. The fourth-order valence-electron chi connectivity index (χ4n) is 1.47. The summed E-state index contributed by atoms with van der Waals surface area (Å²) in [6, 6.07) is 0.0790. The molecule has 2 atom stereocenters. The Morgan fingerprint density at radius 1 is 1.57 bits per heavy atom. The normalized spacial score (nSPS) is 24.0. The zero-order valence-corrected chi connectivity index (χ0v) is 9.90. The molecule has 1 aliphatic rings. The number of nitrogens with two attached hydrogens (primary N) is 1. The summed E-state index contributed by atoms with van der Waals surface area (Å²) in [6.45, 7) is 2.08. The van der Waals surface area contributed by atoms with E-state index in [1.54, 1.807) is 11.3 Å². The van der Waals surface area contributed by atoms with Crippen LogP contribution in [0, 0.1) is 0 Å². The van der Waals surface area contributed by atoms with Gasteiger partial charge in [-0.15, -0.1) is 10.2 Å². The molecule has 0 spiro atoms. The summed E-state index contributed by atoms with van der Waals surface area (Å²) in [6.07, 6.45) is 2.19. The van der Waals surface area contributed by atoms with Crippen molar-refractivity contribution in [2.45, 2.75) is 31.7 Å². The first-order valence-corrected chi connectivity index (χ1v) is 6.95. The Balaban J connectivity index is 2.08. The second-order valence-corrected chi connectivity index (χ2v) is 5.74. The standard InChI is InChI=1S/C9H15N3S2/c1-2-7(10)9-12-11-8(14-9)6-3-4-13-5-6/h6-7H,2-5,10H2,1H3. The van der Waals surface area contributed by atoms with Crippen molar-refractivity contribution in [1.82, 2.24) is 10.2 Å². The largest absolute Gasteiger partial charge is 0.322 e. The fourth-order valence-corrected chi connectivity index (χ4v) is 3.86. The third kappa shape index (κ3) is 2.10. The monoisotopic (exact) mass is 229 g/mol. The van der Waals surface area contributed by atoms with Gasteiger partial charge in [0.25, 0.3) is 0 Å². The molecular formula is C9H15N3S2. The highest BCUT2D eigenvalue weighted by atomic mass is 32.2. The number of rotatable bonds is 3. The first-order valence-electron chi connectivity index (χ1n) is 4.98. The molecule has 1 aliphatic heterocycles. The maximum atomic E-state index is 5.91. The Labute approximate surface area is 92.5 Å². The number of aromatic nitrogens is 2. The number of hydrogen-bond acceptors (Lipinski definition) is 5. The van der Waals surface area contributed by atoms with Crippen molar-refractivity contribution in [2.75, 3.05) is 11.5 Å². The lowest BCUT2D eigenvalue weighted by Crippen LogP contribution is -2.07. The first-order chi connectivity index (χ1) is 6.81. The molecule has 2 N–H and O–H groups in total. The molecule has 3 nitrogen and oxygen atoms in total. The smallest absolute Gasteiger partial charge is 0.134 e. The maximum absolute atomic E-state index is 5.91. The van der Waals surface area contributed by atoms with E-state index in [-0.39, 0.29) is 6.04 Å². The van der Waals surface area contributed by atoms with Gasteiger partial charge in [-0.05, 0) is 18.6 Å². The lowest BCUT2D eigenvalue weighted by Gasteiger charge is -2.02. The van der Waals surface area contributed by atoms with E-state index >= 15 is 0 Å². The van der Waals surface area contributed by atoms with E-state index in [0.717, 1.165) is 11.4 Å². The lowest BCUT2D eigenvalue weighted by atomic mass is 10.1. The highest BCUT2D eigenvalue weighted by Gasteiger charge is 2.22. The molecule has 1 saturated heterocycles. The predicted octanol–water partition coefficient (Wildman–Crippen LogP) is 2.17.